The minimum atomic E-state index is -0.0680. The Labute approximate surface area is 123 Å². The number of thioether (sulfide) groups is 1. The molecule has 2 aromatic rings. The van der Waals surface area contributed by atoms with Gasteiger partial charge in [0.05, 0.1) is 0 Å². The number of hydrogen-bond acceptors (Lipinski definition) is 3. The number of H-pyrrole nitrogens is 1. The molecule has 5 heteroatoms. The maximum atomic E-state index is 12.0. The van der Waals surface area contributed by atoms with Gasteiger partial charge in [0, 0.05) is 29.8 Å². The van der Waals surface area contributed by atoms with Gasteiger partial charge in [0.1, 0.15) is 5.69 Å². The van der Waals surface area contributed by atoms with Gasteiger partial charge in [-0.05, 0) is 36.8 Å². The Morgan fingerprint density at radius 1 is 1.35 bits per heavy atom. The molecule has 0 fully saturated rings. The number of carbonyl (C=O) groups is 1. The maximum Gasteiger partial charge on any atom is 0.267 e. The zero-order valence-electron chi connectivity index (χ0n) is 11.6. The van der Waals surface area contributed by atoms with E-state index in [1.54, 1.807) is 11.8 Å². The van der Waals surface area contributed by atoms with E-state index in [0.717, 1.165) is 28.8 Å². The minimum Gasteiger partial charge on any atom is -0.396 e. The van der Waals surface area contributed by atoms with E-state index in [-0.39, 0.29) is 12.5 Å². The molecule has 20 heavy (non-hydrogen) atoms. The van der Waals surface area contributed by atoms with Crippen molar-refractivity contribution in [2.24, 2.45) is 0 Å². The van der Waals surface area contributed by atoms with Crippen LogP contribution >= 0.6 is 11.8 Å². The number of hydrogen-bond donors (Lipinski definition) is 3. The first-order valence-corrected chi connectivity index (χ1v) is 7.92. The van der Waals surface area contributed by atoms with Gasteiger partial charge in [0.2, 0.25) is 0 Å². The summed E-state index contributed by atoms with van der Waals surface area (Å²) in [6, 6.07) is 7.97. The fourth-order valence-corrected chi connectivity index (χ4v) is 2.75. The first-order valence-electron chi connectivity index (χ1n) is 6.77. The molecule has 0 unspecified atom stereocenters. The van der Waals surface area contributed by atoms with Crippen LogP contribution in [-0.2, 0) is 0 Å². The zero-order valence-corrected chi connectivity index (χ0v) is 12.4. The summed E-state index contributed by atoms with van der Waals surface area (Å²) in [7, 11) is 0. The van der Waals surface area contributed by atoms with Gasteiger partial charge in [-0.25, -0.2) is 0 Å². The molecule has 4 nitrogen and oxygen atoms in total. The van der Waals surface area contributed by atoms with Crippen molar-refractivity contribution in [2.75, 3.05) is 24.7 Å². The Kier molecular flexibility index (Phi) is 5.49. The molecule has 0 aliphatic heterocycles. The standard InChI is InChI=1S/C15H20N2O2S/c1-11-3-4-12-10-14(17-13(12)9-11)15(19)16-5-8-20-7-2-6-18/h3-4,9-10,17-18H,2,5-8H2,1H3,(H,16,19). The summed E-state index contributed by atoms with van der Waals surface area (Å²) >= 11 is 1.74. The zero-order chi connectivity index (χ0) is 14.4. The molecule has 2 rings (SSSR count). The monoisotopic (exact) mass is 292 g/mol. The number of rotatable bonds is 7. The van der Waals surface area contributed by atoms with E-state index in [4.69, 9.17) is 5.11 Å². The van der Waals surface area contributed by atoms with E-state index < -0.39 is 0 Å². The fourth-order valence-electron chi connectivity index (χ4n) is 1.96. The lowest BCUT2D eigenvalue weighted by molar-refractivity contribution is 0.0952. The van der Waals surface area contributed by atoms with Gasteiger partial charge in [-0.2, -0.15) is 11.8 Å². The predicted octanol–water partition coefficient (Wildman–Crippen LogP) is 2.32. The summed E-state index contributed by atoms with van der Waals surface area (Å²) in [5, 5.41) is 12.6. The van der Waals surface area contributed by atoms with E-state index in [0.29, 0.717) is 12.2 Å². The average molecular weight is 292 g/mol. The van der Waals surface area contributed by atoms with Gasteiger partial charge in [-0.15, -0.1) is 0 Å². The second kappa shape index (κ2) is 7.36. The number of aliphatic hydroxyl groups excluding tert-OH is 1. The van der Waals surface area contributed by atoms with Crippen molar-refractivity contribution in [1.82, 2.24) is 10.3 Å². The molecule has 1 amide bonds. The van der Waals surface area contributed by atoms with Crippen LogP contribution in [0.25, 0.3) is 10.9 Å². The van der Waals surface area contributed by atoms with Crippen molar-refractivity contribution in [2.45, 2.75) is 13.3 Å². The second-order valence-corrected chi connectivity index (χ2v) is 5.94. The number of nitrogens with one attached hydrogen (secondary N) is 2. The van der Waals surface area contributed by atoms with Crippen LogP contribution in [0.5, 0.6) is 0 Å². The van der Waals surface area contributed by atoms with Crippen LogP contribution in [0.3, 0.4) is 0 Å². The number of amides is 1. The molecule has 0 saturated carbocycles. The molecule has 0 aliphatic rings. The number of aromatic amines is 1. The van der Waals surface area contributed by atoms with Gasteiger partial charge in [-0.1, -0.05) is 12.1 Å². The third-order valence-electron chi connectivity index (χ3n) is 3.00. The van der Waals surface area contributed by atoms with Crippen LogP contribution < -0.4 is 5.32 Å². The number of fused-ring (bicyclic) bond motifs is 1. The number of aromatic nitrogens is 1. The topological polar surface area (TPSA) is 65.1 Å². The molecule has 0 aliphatic carbocycles. The van der Waals surface area contributed by atoms with E-state index in [2.05, 4.69) is 10.3 Å². The quantitative estimate of drug-likeness (QED) is 0.686. The summed E-state index contributed by atoms with van der Waals surface area (Å²) in [5.41, 5.74) is 2.77. The largest absolute Gasteiger partial charge is 0.396 e. The van der Waals surface area contributed by atoms with Gasteiger partial charge in [-0.3, -0.25) is 4.79 Å². The van der Waals surface area contributed by atoms with E-state index in [1.807, 2.05) is 31.2 Å². The highest BCUT2D eigenvalue weighted by Gasteiger charge is 2.08. The average Bonchev–Trinajstić information content (AvgIpc) is 2.85. The van der Waals surface area contributed by atoms with Crippen LogP contribution in [0.2, 0.25) is 0 Å². The Morgan fingerprint density at radius 2 is 2.20 bits per heavy atom. The third kappa shape index (κ3) is 4.02. The first-order chi connectivity index (χ1) is 9.70. The maximum absolute atomic E-state index is 12.0. The van der Waals surface area contributed by atoms with Crippen molar-refractivity contribution in [3.8, 4) is 0 Å². The molecule has 0 spiro atoms. The minimum absolute atomic E-state index is 0.0680. The van der Waals surface area contributed by atoms with Crippen molar-refractivity contribution in [3.05, 3.63) is 35.5 Å². The highest BCUT2D eigenvalue weighted by atomic mass is 32.2. The van der Waals surface area contributed by atoms with Crippen molar-refractivity contribution in [1.29, 1.82) is 0 Å². The lowest BCUT2D eigenvalue weighted by Gasteiger charge is -2.03. The van der Waals surface area contributed by atoms with Crippen molar-refractivity contribution < 1.29 is 9.90 Å². The molecule has 0 radical (unpaired) electrons. The third-order valence-corrected chi connectivity index (χ3v) is 4.07. The highest BCUT2D eigenvalue weighted by molar-refractivity contribution is 7.99. The Bertz CT molecular complexity index is 580. The smallest absolute Gasteiger partial charge is 0.267 e. The van der Waals surface area contributed by atoms with Gasteiger partial charge >= 0.3 is 0 Å². The Hall–Kier alpha value is -1.46. The number of aryl methyl sites for hydroxylation is 1. The summed E-state index contributed by atoms with van der Waals surface area (Å²) in [4.78, 5) is 15.1. The summed E-state index contributed by atoms with van der Waals surface area (Å²) in [5.74, 6) is 1.73. The number of aliphatic hydroxyl groups is 1. The molecule has 0 bridgehead atoms. The van der Waals surface area contributed by atoms with Crippen LogP contribution in [-0.4, -0.2) is 40.7 Å². The number of carbonyl (C=O) groups excluding carboxylic acids is 1. The summed E-state index contributed by atoms with van der Waals surface area (Å²) in [6.45, 7) is 2.90. The fraction of sp³-hybridized carbons (Fsp3) is 0.400. The van der Waals surface area contributed by atoms with Crippen LogP contribution in [0, 0.1) is 6.92 Å². The van der Waals surface area contributed by atoms with Gasteiger partial charge in [0.25, 0.3) is 5.91 Å². The summed E-state index contributed by atoms with van der Waals surface area (Å²) < 4.78 is 0. The molecule has 1 heterocycles. The van der Waals surface area contributed by atoms with Crippen molar-refractivity contribution in [3.63, 3.8) is 0 Å². The normalized spacial score (nSPS) is 10.9. The van der Waals surface area contributed by atoms with Gasteiger partial charge < -0.3 is 15.4 Å². The SMILES string of the molecule is Cc1ccc2cc(C(=O)NCCSCCCO)[nH]c2c1. The van der Waals surface area contributed by atoms with E-state index in [9.17, 15) is 4.79 Å². The molecular weight excluding hydrogens is 272 g/mol. The Balaban J connectivity index is 1.85. The van der Waals surface area contributed by atoms with Crippen molar-refractivity contribution >= 4 is 28.6 Å². The van der Waals surface area contributed by atoms with E-state index >= 15 is 0 Å². The molecule has 1 aromatic carbocycles. The Morgan fingerprint density at radius 3 is 3.00 bits per heavy atom. The summed E-state index contributed by atoms with van der Waals surface area (Å²) in [6.07, 6.45) is 0.806. The molecule has 0 saturated heterocycles. The molecule has 3 N–H and O–H groups in total. The van der Waals surface area contributed by atoms with Gasteiger partial charge in [0.15, 0.2) is 0 Å². The second-order valence-electron chi connectivity index (χ2n) is 4.72. The van der Waals surface area contributed by atoms with Crippen LogP contribution in [0.1, 0.15) is 22.5 Å². The molecule has 0 atom stereocenters. The molecule has 1 aromatic heterocycles. The predicted molar refractivity (Wildman–Crippen MR) is 84.4 cm³/mol. The van der Waals surface area contributed by atoms with E-state index in [1.165, 1.54) is 5.56 Å². The van der Waals surface area contributed by atoms with Crippen LogP contribution in [0.15, 0.2) is 24.3 Å². The lowest BCUT2D eigenvalue weighted by Crippen LogP contribution is -2.26. The highest BCUT2D eigenvalue weighted by Crippen LogP contribution is 2.16. The van der Waals surface area contributed by atoms with Crippen LogP contribution in [0.4, 0.5) is 0 Å². The molecular formula is C15H20N2O2S. The number of benzene rings is 1. The first kappa shape index (κ1) is 14.9. The molecule has 108 valence electrons. The lowest BCUT2D eigenvalue weighted by atomic mass is 10.2.